The molecule has 0 aliphatic carbocycles. The molecule has 2 rings (SSSR count). The lowest BCUT2D eigenvalue weighted by molar-refractivity contribution is 0.148. The van der Waals surface area contributed by atoms with Gasteiger partial charge in [-0.2, -0.15) is 4.31 Å². The van der Waals surface area contributed by atoms with Crippen LogP contribution in [0.4, 0.5) is 0 Å². The van der Waals surface area contributed by atoms with Crippen LogP contribution in [0.5, 0.6) is 0 Å². The highest BCUT2D eigenvalue weighted by molar-refractivity contribution is 7.89. The second-order valence-electron chi connectivity index (χ2n) is 4.81. The van der Waals surface area contributed by atoms with Crippen molar-refractivity contribution >= 4 is 10.0 Å². The SMILES string of the molecule is Cc1cc(S(=O)(=O)N2CCCOCC2)ccc1C#CCO. The van der Waals surface area contributed by atoms with Crippen LogP contribution in [0.15, 0.2) is 23.1 Å². The number of aliphatic hydroxyl groups excluding tert-OH is 1. The van der Waals surface area contributed by atoms with E-state index in [9.17, 15) is 8.42 Å². The molecule has 1 aliphatic rings. The molecule has 0 atom stereocenters. The van der Waals surface area contributed by atoms with Crippen LogP contribution in [0.3, 0.4) is 0 Å². The highest BCUT2D eigenvalue weighted by Gasteiger charge is 2.25. The van der Waals surface area contributed by atoms with Crippen molar-refractivity contribution in [2.45, 2.75) is 18.2 Å². The van der Waals surface area contributed by atoms with Crippen LogP contribution in [0.2, 0.25) is 0 Å². The maximum Gasteiger partial charge on any atom is 0.243 e. The molecule has 114 valence electrons. The second-order valence-corrected chi connectivity index (χ2v) is 6.74. The maximum atomic E-state index is 12.6. The molecule has 21 heavy (non-hydrogen) atoms. The summed E-state index contributed by atoms with van der Waals surface area (Å²) >= 11 is 0. The number of nitrogens with zero attached hydrogens (tertiary/aromatic N) is 1. The van der Waals surface area contributed by atoms with E-state index in [4.69, 9.17) is 9.84 Å². The van der Waals surface area contributed by atoms with E-state index < -0.39 is 10.0 Å². The van der Waals surface area contributed by atoms with Gasteiger partial charge in [0.25, 0.3) is 0 Å². The van der Waals surface area contributed by atoms with E-state index in [1.165, 1.54) is 4.31 Å². The number of aryl methyl sites for hydroxylation is 1. The molecule has 0 saturated carbocycles. The van der Waals surface area contributed by atoms with E-state index in [0.29, 0.717) is 32.7 Å². The molecule has 0 bridgehead atoms. The quantitative estimate of drug-likeness (QED) is 0.819. The van der Waals surface area contributed by atoms with Gasteiger partial charge in [0.2, 0.25) is 10.0 Å². The third-order valence-corrected chi connectivity index (χ3v) is 5.21. The third-order valence-electron chi connectivity index (χ3n) is 3.32. The Morgan fingerprint density at radius 3 is 2.86 bits per heavy atom. The molecule has 1 heterocycles. The summed E-state index contributed by atoms with van der Waals surface area (Å²) in [5, 5.41) is 8.71. The number of sulfonamides is 1. The van der Waals surface area contributed by atoms with Crippen LogP contribution in [0, 0.1) is 18.8 Å². The summed E-state index contributed by atoms with van der Waals surface area (Å²) in [6, 6.07) is 4.87. The van der Waals surface area contributed by atoms with Gasteiger partial charge in [0.1, 0.15) is 6.61 Å². The van der Waals surface area contributed by atoms with Crippen LogP contribution in [-0.4, -0.2) is 50.7 Å². The Kier molecular flexibility index (Phi) is 5.37. The lowest BCUT2D eigenvalue weighted by Crippen LogP contribution is -2.33. The zero-order valence-corrected chi connectivity index (χ0v) is 12.8. The van der Waals surface area contributed by atoms with Gasteiger partial charge in [0.05, 0.1) is 11.5 Å². The fourth-order valence-electron chi connectivity index (χ4n) is 2.18. The molecule has 0 unspecified atom stereocenters. The number of benzene rings is 1. The number of rotatable bonds is 2. The smallest absolute Gasteiger partial charge is 0.243 e. The van der Waals surface area contributed by atoms with Crippen molar-refractivity contribution in [3.63, 3.8) is 0 Å². The van der Waals surface area contributed by atoms with Crippen molar-refractivity contribution in [3.8, 4) is 11.8 Å². The first kappa shape index (κ1) is 16.0. The first-order chi connectivity index (χ1) is 10.1. The standard InChI is InChI=1S/C15H19NO4S/c1-13-12-15(6-5-14(13)4-2-9-17)21(18,19)16-7-3-10-20-11-8-16/h5-6,12,17H,3,7-11H2,1H3. The lowest BCUT2D eigenvalue weighted by atomic mass is 10.1. The minimum Gasteiger partial charge on any atom is -0.384 e. The molecule has 5 nitrogen and oxygen atoms in total. The van der Waals surface area contributed by atoms with Crippen LogP contribution in [-0.2, 0) is 14.8 Å². The predicted molar refractivity (Wildman–Crippen MR) is 79.3 cm³/mol. The maximum absolute atomic E-state index is 12.6. The van der Waals surface area contributed by atoms with Crippen molar-refractivity contribution < 1.29 is 18.3 Å². The van der Waals surface area contributed by atoms with Crippen LogP contribution in [0.1, 0.15) is 17.5 Å². The van der Waals surface area contributed by atoms with Crippen LogP contribution >= 0.6 is 0 Å². The molecule has 1 saturated heterocycles. The van der Waals surface area contributed by atoms with Crippen molar-refractivity contribution in [2.75, 3.05) is 32.9 Å². The highest BCUT2D eigenvalue weighted by atomic mass is 32.2. The number of hydrogen-bond acceptors (Lipinski definition) is 4. The summed E-state index contributed by atoms with van der Waals surface area (Å²) < 4.78 is 32.0. The van der Waals surface area contributed by atoms with Crippen molar-refractivity contribution in [3.05, 3.63) is 29.3 Å². The van der Waals surface area contributed by atoms with E-state index in [1.54, 1.807) is 18.2 Å². The molecule has 1 aromatic carbocycles. The molecule has 0 radical (unpaired) electrons. The number of aliphatic hydroxyl groups is 1. The van der Waals surface area contributed by atoms with Crippen LogP contribution in [0.25, 0.3) is 0 Å². The molecule has 1 aromatic rings. The van der Waals surface area contributed by atoms with Gasteiger partial charge < -0.3 is 9.84 Å². The van der Waals surface area contributed by atoms with E-state index >= 15 is 0 Å². The Bertz CT molecular complexity index is 650. The molecule has 0 amide bonds. The molecular formula is C15H19NO4S. The monoisotopic (exact) mass is 309 g/mol. The summed E-state index contributed by atoms with van der Waals surface area (Å²) in [4.78, 5) is 0.274. The Hall–Kier alpha value is -1.39. The largest absolute Gasteiger partial charge is 0.384 e. The fourth-order valence-corrected chi connectivity index (χ4v) is 3.73. The van der Waals surface area contributed by atoms with Gasteiger partial charge in [-0.25, -0.2) is 8.42 Å². The van der Waals surface area contributed by atoms with Gasteiger partial charge in [-0.1, -0.05) is 11.8 Å². The Morgan fingerprint density at radius 1 is 1.33 bits per heavy atom. The minimum absolute atomic E-state index is 0.215. The molecule has 0 spiro atoms. The molecule has 1 fully saturated rings. The summed E-state index contributed by atoms with van der Waals surface area (Å²) in [6.07, 6.45) is 0.707. The van der Waals surface area contributed by atoms with Crippen molar-refractivity contribution in [1.82, 2.24) is 4.31 Å². The summed E-state index contributed by atoms with van der Waals surface area (Å²) in [6.45, 7) is 3.49. The average molecular weight is 309 g/mol. The van der Waals surface area contributed by atoms with Gasteiger partial charge >= 0.3 is 0 Å². The first-order valence-corrected chi connectivity index (χ1v) is 8.28. The highest BCUT2D eigenvalue weighted by Crippen LogP contribution is 2.20. The lowest BCUT2D eigenvalue weighted by Gasteiger charge is -2.19. The summed E-state index contributed by atoms with van der Waals surface area (Å²) in [5.41, 5.74) is 1.50. The summed E-state index contributed by atoms with van der Waals surface area (Å²) in [7, 11) is -3.49. The molecule has 1 N–H and O–H groups in total. The minimum atomic E-state index is -3.49. The van der Waals surface area contributed by atoms with Gasteiger partial charge in [0.15, 0.2) is 0 Å². The van der Waals surface area contributed by atoms with E-state index in [2.05, 4.69) is 11.8 Å². The van der Waals surface area contributed by atoms with E-state index in [0.717, 1.165) is 11.1 Å². The van der Waals surface area contributed by atoms with Crippen LogP contribution < -0.4 is 0 Å². The van der Waals surface area contributed by atoms with Gasteiger partial charge in [0, 0.05) is 25.3 Å². The molecule has 0 aromatic heterocycles. The zero-order valence-electron chi connectivity index (χ0n) is 12.0. The van der Waals surface area contributed by atoms with Gasteiger partial charge in [-0.3, -0.25) is 0 Å². The average Bonchev–Trinajstić information content (AvgIpc) is 2.75. The van der Waals surface area contributed by atoms with E-state index in [-0.39, 0.29) is 11.5 Å². The Labute approximate surface area is 125 Å². The molecule has 6 heteroatoms. The van der Waals surface area contributed by atoms with Gasteiger partial charge in [-0.05, 0) is 37.1 Å². The first-order valence-electron chi connectivity index (χ1n) is 6.84. The third kappa shape index (κ3) is 3.83. The van der Waals surface area contributed by atoms with Crippen molar-refractivity contribution in [1.29, 1.82) is 0 Å². The number of hydrogen-bond donors (Lipinski definition) is 1. The second kappa shape index (κ2) is 7.05. The van der Waals surface area contributed by atoms with Gasteiger partial charge in [-0.15, -0.1) is 0 Å². The van der Waals surface area contributed by atoms with Crippen molar-refractivity contribution in [2.24, 2.45) is 0 Å². The number of ether oxygens (including phenoxy) is 1. The fraction of sp³-hybridized carbons (Fsp3) is 0.467. The molecular weight excluding hydrogens is 290 g/mol. The Balaban J connectivity index is 2.29. The normalized spacial score (nSPS) is 16.9. The molecule has 1 aliphatic heterocycles. The van der Waals surface area contributed by atoms with E-state index in [1.807, 2.05) is 6.92 Å². The zero-order chi connectivity index (χ0) is 15.3. The predicted octanol–water partition coefficient (Wildman–Crippen LogP) is 0.750. The topological polar surface area (TPSA) is 66.8 Å². The Morgan fingerprint density at radius 2 is 2.14 bits per heavy atom. The summed E-state index contributed by atoms with van der Waals surface area (Å²) in [5.74, 6) is 5.37.